The molecular weight excluding hydrogens is 302 g/mol. The number of hydrogen-bond donors (Lipinski definition) is 2. The molecule has 3 rings (SSSR count). The maximum atomic E-state index is 12.5. The van der Waals surface area contributed by atoms with E-state index in [1.54, 1.807) is 0 Å². The van der Waals surface area contributed by atoms with Crippen LogP contribution in [0.4, 0.5) is 0 Å². The zero-order valence-electron chi connectivity index (χ0n) is 15.2. The quantitative estimate of drug-likeness (QED) is 0.895. The third-order valence-electron chi connectivity index (χ3n) is 5.78. The van der Waals surface area contributed by atoms with Crippen molar-refractivity contribution in [2.75, 3.05) is 19.8 Å². The van der Waals surface area contributed by atoms with Crippen LogP contribution < -0.4 is 5.32 Å². The minimum Gasteiger partial charge on any atom is -0.386 e. The Labute approximate surface area is 144 Å². The fourth-order valence-corrected chi connectivity index (χ4v) is 3.81. The minimum absolute atomic E-state index is 0.0820. The molecule has 1 unspecified atom stereocenters. The predicted octanol–water partition coefficient (Wildman–Crippen LogP) is 2.92. The zero-order chi connectivity index (χ0) is 17.6. The normalized spacial score (nSPS) is 27.5. The topological polar surface area (TPSA) is 58.6 Å². The molecule has 4 heteroatoms. The van der Waals surface area contributed by atoms with Gasteiger partial charge in [0.1, 0.15) is 5.60 Å². The Balaban J connectivity index is 1.81. The monoisotopic (exact) mass is 331 g/mol. The first-order valence-corrected chi connectivity index (χ1v) is 8.86. The molecule has 1 aliphatic heterocycles. The summed E-state index contributed by atoms with van der Waals surface area (Å²) >= 11 is 0. The summed E-state index contributed by atoms with van der Waals surface area (Å²) in [5.41, 5.74) is 2.59. The van der Waals surface area contributed by atoms with E-state index >= 15 is 0 Å². The fraction of sp³-hybridized carbons (Fsp3) is 0.650. The summed E-state index contributed by atoms with van der Waals surface area (Å²) in [6, 6.07) is 6.06. The number of amides is 1. The van der Waals surface area contributed by atoms with Crippen LogP contribution in [0.1, 0.15) is 68.4 Å². The van der Waals surface area contributed by atoms with Gasteiger partial charge in [0.15, 0.2) is 0 Å². The lowest BCUT2D eigenvalue weighted by molar-refractivity contribution is 0.0264. The first kappa shape index (κ1) is 17.4. The molecule has 1 heterocycles. The van der Waals surface area contributed by atoms with Gasteiger partial charge < -0.3 is 15.2 Å². The molecule has 1 aromatic rings. The molecule has 0 spiro atoms. The largest absolute Gasteiger partial charge is 0.386 e. The van der Waals surface area contributed by atoms with Gasteiger partial charge >= 0.3 is 0 Å². The van der Waals surface area contributed by atoms with Gasteiger partial charge in [-0.1, -0.05) is 33.8 Å². The summed E-state index contributed by atoms with van der Waals surface area (Å²) in [4.78, 5) is 12.5. The van der Waals surface area contributed by atoms with Gasteiger partial charge in [-0.25, -0.2) is 0 Å². The van der Waals surface area contributed by atoms with Crippen LogP contribution in [0.3, 0.4) is 0 Å². The average molecular weight is 331 g/mol. The van der Waals surface area contributed by atoms with Gasteiger partial charge in [0.05, 0.1) is 6.61 Å². The Hall–Kier alpha value is -1.39. The number of carbonyl (C=O) groups is 1. The van der Waals surface area contributed by atoms with E-state index in [9.17, 15) is 9.90 Å². The van der Waals surface area contributed by atoms with Gasteiger partial charge in [-0.05, 0) is 46.9 Å². The van der Waals surface area contributed by atoms with Gasteiger partial charge in [-0.3, -0.25) is 4.79 Å². The molecule has 0 aromatic heterocycles. The van der Waals surface area contributed by atoms with Crippen molar-refractivity contribution < 1.29 is 14.6 Å². The molecule has 1 amide bonds. The number of ether oxygens (including phenoxy) is 1. The Kier molecular flexibility index (Phi) is 4.25. The first-order chi connectivity index (χ1) is 11.1. The van der Waals surface area contributed by atoms with Gasteiger partial charge in [0.25, 0.3) is 5.91 Å². The van der Waals surface area contributed by atoms with E-state index < -0.39 is 5.60 Å². The Bertz CT molecular complexity index is 642. The Morgan fingerprint density at radius 3 is 2.42 bits per heavy atom. The molecule has 2 N–H and O–H groups in total. The second-order valence-corrected chi connectivity index (χ2v) is 8.74. The summed E-state index contributed by atoms with van der Waals surface area (Å²) in [6.45, 7) is 10.1. The summed E-state index contributed by atoms with van der Waals surface area (Å²) in [6.07, 6.45) is 2.85. The van der Waals surface area contributed by atoms with Crippen LogP contribution in [-0.2, 0) is 15.6 Å². The number of rotatable bonds is 3. The Morgan fingerprint density at radius 2 is 1.79 bits per heavy atom. The molecule has 1 aromatic carbocycles. The van der Waals surface area contributed by atoms with Crippen LogP contribution in [0.25, 0.3) is 0 Å². The number of nitrogens with one attached hydrogen (secondary N) is 1. The highest BCUT2D eigenvalue weighted by Gasteiger charge is 2.37. The smallest absolute Gasteiger partial charge is 0.251 e. The lowest BCUT2D eigenvalue weighted by Crippen LogP contribution is -2.43. The average Bonchev–Trinajstić information content (AvgIpc) is 2.96. The van der Waals surface area contributed by atoms with Crippen LogP contribution in [0.5, 0.6) is 0 Å². The molecule has 1 saturated heterocycles. The van der Waals surface area contributed by atoms with Crippen molar-refractivity contribution in [1.82, 2.24) is 5.32 Å². The lowest BCUT2D eigenvalue weighted by Gasteiger charge is -2.42. The highest BCUT2D eigenvalue weighted by Crippen LogP contribution is 2.45. The van der Waals surface area contributed by atoms with E-state index in [-0.39, 0.29) is 23.3 Å². The molecule has 0 saturated carbocycles. The third kappa shape index (κ3) is 3.22. The highest BCUT2D eigenvalue weighted by atomic mass is 16.5. The van der Waals surface area contributed by atoms with Crippen molar-refractivity contribution in [3.63, 3.8) is 0 Å². The molecule has 1 atom stereocenters. The van der Waals surface area contributed by atoms with E-state index in [0.29, 0.717) is 25.2 Å². The first-order valence-electron chi connectivity index (χ1n) is 8.86. The summed E-state index contributed by atoms with van der Waals surface area (Å²) < 4.78 is 5.22. The third-order valence-corrected chi connectivity index (χ3v) is 5.78. The Morgan fingerprint density at radius 1 is 1.12 bits per heavy atom. The van der Waals surface area contributed by atoms with E-state index in [2.05, 4.69) is 39.1 Å². The van der Waals surface area contributed by atoms with Crippen LogP contribution in [0.2, 0.25) is 0 Å². The standard InChI is InChI=1S/C20H29NO3/c1-18(2)7-8-19(3,4)16-11-14(5-6-15(16)18)17(22)21-12-20(23)9-10-24-13-20/h5-6,11,23H,7-10,12-13H2,1-4H3,(H,21,22). The van der Waals surface area contributed by atoms with E-state index in [4.69, 9.17) is 4.74 Å². The summed E-state index contributed by atoms with van der Waals surface area (Å²) in [7, 11) is 0. The summed E-state index contributed by atoms with van der Waals surface area (Å²) in [5, 5.41) is 13.2. The lowest BCUT2D eigenvalue weighted by atomic mass is 9.63. The van der Waals surface area contributed by atoms with E-state index in [1.165, 1.54) is 11.1 Å². The van der Waals surface area contributed by atoms with Gasteiger partial charge in [-0.15, -0.1) is 0 Å². The second kappa shape index (κ2) is 5.85. The number of fused-ring (bicyclic) bond motifs is 1. The van der Waals surface area contributed by atoms with Crippen molar-refractivity contribution >= 4 is 5.91 Å². The SMILES string of the molecule is CC1(C)CCC(C)(C)c2cc(C(=O)NCC3(O)CCOC3)ccc21. The van der Waals surface area contributed by atoms with E-state index in [1.807, 2.05) is 12.1 Å². The second-order valence-electron chi connectivity index (χ2n) is 8.74. The van der Waals surface area contributed by atoms with E-state index in [0.717, 1.165) is 12.8 Å². The van der Waals surface area contributed by atoms with Gasteiger partial charge in [0.2, 0.25) is 0 Å². The van der Waals surface area contributed by atoms with Crippen molar-refractivity contribution in [2.45, 2.75) is 63.4 Å². The molecule has 1 aliphatic carbocycles. The summed E-state index contributed by atoms with van der Waals surface area (Å²) in [5.74, 6) is -0.127. The molecule has 0 radical (unpaired) electrons. The van der Waals surface area contributed by atoms with Gasteiger partial charge in [-0.2, -0.15) is 0 Å². The molecular formula is C20H29NO3. The number of aliphatic hydroxyl groups is 1. The highest BCUT2D eigenvalue weighted by molar-refractivity contribution is 5.94. The molecule has 0 bridgehead atoms. The maximum absolute atomic E-state index is 12.5. The van der Waals surface area contributed by atoms with Crippen molar-refractivity contribution in [3.05, 3.63) is 34.9 Å². The van der Waals surface area contributed by atoms with Crippen LogP contribution in [0, 0.1) is 0 Å². The van der Waals surface area contributed by atoms with Gasteiger partial charge in [0, 0.05) is 25.1 Å². The fourth-order valence-electron chi connectivity index (χ4n) is 3.81. The van der Waals surface area contributed by atoms with Crippen molar-refractivity contribution in [1.29, 1.82) is 0 Å². The minimum atomic E-state index is -0.925. The molecule has 4 nitrogen and oxygen atoms in total. The zero-order valence-corrected chi connectivity index (χ0v) is 15.2. The van der Waals surface area contributed by atoms with Crippen molar-refractivity contribution in [3.8, 4) is 0 Å². The van der Waals surface area contributed by atoms with Crippen molar-refractivity contribution in [2.24, 2.45) is 0 Å². The van der Waals surface area contributed by atoms with Crippen LogP contribution >= 0.6 is 0 Å². The number of carbonyl (C=O) groups excluding carboxylic acids is 1. The molecule has 132 valence electrons. The number of hydrogen-bond acceptors (Lipinski definition) is 3. The van der Waals surface area contributed by atoms with Crippen LogP contribution in [0.15, 0.2) is 18.2 Å². The molecule has 2 aliphatic rings. The van der Waals surface area contributed by atoms with Crippen LogP contribution in [-0.4, -0.2) is 36.4 Å². The molecule has 1 fully saturated rings. The number of benzene rings is 1. The molecule has 24 heavy (non-hydrogen) atoms. The maximum Gasteiger partial charge on any atom is 0.251 e. The predicted molar refractivity (Wildman–Crippen MR) is 94.4 cm³/mol.